The fourth-order valence-corrected chi connectivity index (χ4v) is 5.37. The van der Waals surface area contributed by atoms with E-state index in [1.54, 1.807) is 13.8 Å². The van der Waals surface area contributed by atoms with Gasteiger partial charge in [-0.2, -0.15) is 13.2 Å². The van der Waals surface area contributed by atoms with Gasteiger partial charge in [0, 0.05) is 41.5 Å². The Morgan fingerprint density at radius 2 is 1.93 bits per heavy atom. The van der Waals surface area contributed by atoms with E-state index >= 15 is 0 Å². The third kappa shape index (κ3) is 5.80. The number of Topliss-reactive ketones (excluding diaryl/α,β-unsaturated/α-hetero) is 1. The minimum Gasteiger partial charge on any atom is -0.493 e. The second-order valence-electron chi connectivity index (χ2n) is 11.4. The molecule has 2 atom stereocenters. The van der Waals surface area contributed by atoms with Gasteiger partial charge in [0.25, 0.3) is 5.91 Å². The molecule has 1 fully saturated rings. The molecule has 0 aliphatic carbocycles. The zero-order valence-corrected chi connectivity index (χ0v) is 24.7. The van der Waals surface area contributed by atoms with Crippen molar-refractivity contribution in [2.24, 2.45) is 0 Å². The summed E-state index contributed by atoms with van der Waals surface area (Å²) in [5, 5.41) is 13.6. The van der Waals surface area contributed by atoms with Crippen LogP contribution >= 0.6 is 11.6 Å². The molecule has 0 spiro atoms. The van der Waals surface area contributed by atoms with Crippen molar-refractivity contribution < 1.29 is 46.5 Å². The maximum atomic E-state index is 14.7. The van der Waals surface area contributed by atoms with Crippen LogP contribution in [0.25, 0.3) is 11.3 Å². The fourth-order valence-electron chi connectivity index (χ4n) is 5.19. The minimum absolute atomic E-state index is 0.0210. The SMILES string of the molecule is COc1cc(C(=O)CCC(O)(c2cc3c(c(-c4ccc(F)c(Cl)c4)n2)OCC3(C)C)C(F)(F)F)ccc1OC1CCNC1=O. The largest absolute Gasteiger partial charge is 0.493 e. The van der Waals surface area contributed by atoms with E-state index in [4.69, 9.17) is 25.8 Å². The van der Waals surface area contributed by atoms with Gasteiger partial charge in [0.05, 0.1) is 24.4 Å². The molecule has 0 radical (unpaired) electrons. The summed E-state index contributed by atoms with van der Waals surface area (Å²) in [4.78, 5) is 29.2. The van der Waals surface area contributed by atoms with Crippen LogP contribution in [0.5, 0.6) is 17.2 Å². The van der Waals surface area contributed by atoms with Gasteiger partial charge in [-0.1, -0.05) is 25.4 Å². The molecule has 1 saturated heterocycles. The van der Waals surface area contributed by atoms with Gasteiger partial charge in [0.1, 0.15) is 17.3 Å². The molecule has 1 amide bonds. The Kier molecular flexibility index (Phi) is 8.27. The number of benzene rings is 2. The third-order valence-electron chi connectivity index (χ3n) is 7.83. The van der Waals surface area contributed by atoms with Crippen LogP contribution in [-0.4, -0.2) is 54.3 Å². The highest BCUT2D eigenvalue weighted by molar-refractivity contribution is 6.31. The van der Waals surface area contributed by atoms with Gasteiger partial charge < -0.3 is 24.6 Å². The number of hydrogen-bond donors (Lipinski definition) is 2. The Labute approximate surface area is 255 Å². The normalized spacial score (nSPS) is 18.7. The van der Waals surface area contributed by atoms with Crippen molar-refractivity contribution in [1.82, 2.24) is 10.3 Å². The zero-order valence-electron chi connectivity index (χ0n) is 24.0. The predicted octanol–water partition coefficient (Wildman–Crippen LogP) is 5.90. The lowest BCUT2D eigenvalue weighted by Crippen LogP contribution is -2.43. The van der Waals surface area contributed by atoms with Gasteiger partial charge in [-0.05, 0) is 48.9 Å². The number of alkyl halides is 3. The van der Waals surface area contributed by atoms with Gasteiger partial charge in [-0.15, -0.1) is 0 Å². The average Bonchev–Trinajstić information content (AvgIpc) is 3.53. The van der Waals surface area contributed by atoms with Gasteiger partial charge in [0.15, 0.2) is 23.4 Å². The monoisotopic (exact) mass is 636 g/mol. The van der Waals surface area contributed by atoms with Gasteiger partial charge >= 0.3 is 6.18 Å². The molecule has 3 aromatic rings. The summed E-state index contributed by atoms with van der Waals surface area (Å²) < 4.78 is 74.7. The van der Waals surface area contributed by atoms with Crippen LogP contribution in [0.2, 0.25) is 5.02 Å². The van der Waals surface area contributed by atoms with Crippen LogP contribution in [0.4, 0.5) is 17.6 Å². The first-order valence-electron chi connectivity index (χ1n) is 13.7. The Morgan fingerprint density at radius 1 is 1.18 bits per heavy atom. The molecule has 2 N–H and O–H groups in total. The summed E-state index contributed by atoms with van der Waals surface area (Å²) in [5.41, 5.74) is -4.48. The van der Waals surface area contributed by atoms with Crippen molar-refractivity contribution >= 4 is 23.3 Å². The average molecular weight is 637 g/mol. The topological polar surface area (TPSA) is 107 Å². The number of nitrogens with one attached hydrogen (secondary N) is 1. The predicted molar refractivity (Wildman–Crippen MR) is 152 cm³/mol. The molecule has 2 aliphatic rings. The molecule has 0 bridgehead atoms. The Balaban J connectivity index is 1.47. The molecular formula is C31H29ClF4N2O6. The molecule has 5 rings (SSSR count). The van der Waals surface area contributed by atoms with E-state index in [-0.39, 0.29) is 51.6 Å². The van der Waals surface area contributed by atoms with E-state index in [9.17, 15) is 32.3 Å². The van der Waals surface area contributed by atoms with Gasteiger partial charge in [-0.3, -0.25) is 9.59 Å². The second-order valence-corrected chi connectivity index (χ2v) is 11.8. The summed E-state index contributed by atoms with van der Waals surface area (Å²) >= 11 is 5.95. The van der Waals surface area contributed by atoms with Crippen LogP contribution in [0.3, 0.4) is 0 Å². The highest BCUT2D eigenvalue weighted by Gasteiger charge is 2.56. The van der Waals surface area contributed by atoms with Crippen molar-refractivity contribution in [2.45, 2.75) is 56.4 Å². The Bertz CT molecular complexity index is 1630. The maximum Gasteiger partial charge on any atom is 0.422 e. The number of nitrogens with zero attached hydrogens (tertiary/aromatic N) is 1. The number of carbonyl (C=O) groups is 2. The van der Waals surface area contributed by atoms with Crippen LogP contribution < -0.4 is 19.5 Å². The van der Waals surface area contributed by atoms with Gasteiger partial charge in [-0.25, -0.2) is 9.37 Å². The van der Waals surface area contributed by atoms with Crippen LogP contribution in [0.15, 0.2) is 42.5 Å². The van der Waals surface area contributed by atoms with E-state index in [1.807, 2.05) is 0 Å². The number of ketones is 1. The molecule has 44 heavy (non-hydrogen) atoms. The van der Waals surface area contributed by atoms with E-state index < -0.39 is 53.4 Å². The van der Waals surface area contributed by atoms with E-state index in [0.29, 0.717) is 18.5 Å². The van der Waals surface area contributed by atoms with E-state index in [2.05, 4.69) is 10.3 Å². The summed E-state index contributed by atoms with van der Waals surface area (Å²) in [7, 11) is 1.32. The first-order valence-corrected chi connectivity index (χ1v) is 14.1. The number of aromatic nitrogens is 1. The third-order valence-corrected chi connectivity index (χ3v) is 8.12. The number of carbonyl (C=O) groups excluding carboxylic acids is 2. The van der Waals surface area contributed by atoms with Crippen molar-refractivity contribution in [3.05, 3.63) is 70.1 Å². The van der Waals surface area contributed by atoms with Crippen LogP contribution in [-0.2, 0) is 15.8 Å². The molecule has 13 heteroatoms. The van der Waals surface area contributed by atoms with Crippen LogP contribution in [0.1, 0.15) is 54.7 Å². The molecule has 234 valence electrons. The van der Waals surface area contributed by atoms with E-state index in [1.165, 1.54) is 37.4 Å². The first kappa shape index (κ1) is 31.5. The smallest absolute Gasteiger partial charge is 0.422 e. The van der Waals surface area contributed by atoms with Crippen LogP contribution in [0, 0.1) is 5.82 Å². The lowest BCUT2D eigenvalue weighted by atomic mass is 9.83. The number of hydrogen-bond acceptors (Lipinski definition) is 7. The number of amides is 1. The molecule has 2 aromatic carbocycles. The molecular weight excluding hydrogens is 608 g/mol. The summed E-state index contributed by atoms with van der Waals surface area (Å²) in [6.45, 7) is 4.11. The van der Waals surface area contributed by atoms with Crippen molar-refractivity contribution in [1.29, 1.82) is 0 Å². The maximum absolute atomic E-state index is 14.7. The first-order chi connectivity index (χ1) is 20.6. The van der Waals surface area contributed by atoms with Crippen molar-refractivity contribution in [3.63, 3.8) is 0 Å². The lowest BCUT2D eigenvalue weighted by Gasteiger charge is -2.31. The van der Waals surface area contributed by atoms with Crippen molar-refractivity contribution in [3.8, 4) is 28.5 Å². The number of fused-ring (bicyclic) bond motifs is 1. The summed E-state index contributed by atoms with van der Waals surface area (Å²) in [6.07, 6.45) is -7.28. The number of rotatable bonds is 9. The molecule has 1 aromatic heterocycles. The van der Waals surface area contributed by atoms with E-state index in [0.717, 1.165) is 12.1 Å². The number of pyridine rings is 1. The Hall–Kier alpha value is -3.90. The quantitative estimate of drug-likeness (QED) is 0.223. The zero-order chi connectivity index (χ0) is 32.0. The fraction of sp³-hybridized carbons (Fsp3) is 0.387. The standard InChI is InChI=1S/C31H29ClF4N2O6/c1-29(2)15-43-27-18(29)14-25(38-26(27)17-4-6-20(33)19(32)12-17)30(41,31(34,35)36)10-8-21(39)16-5-7-22(24(13-16)42-3)44-23-9-11-37-28(23)40/h4-7,12-14,23,41H,8-11,15H2,1-3H3,(H,37,40). The molecule has 3 heterocycles. The van der Waals surface area contributed by atoms with Crippen molar-refractivity contribution in [2.75, 3.05) is 20.3 Å². The Morgan fingerprint density at radius 3 is 2.57 bits per heavy atom. The summed E-state index contributed by atoms with van der Waals surface area (Å²) in [5.74, 6) is -1.21. The molecule has 2 aliphatic heterocycles. The number of halogens is 5. The minimum atomic E-state index is -5.23. The number of aliphatic hydroxyl groups is 1. The lowest BCUT2D eigenvalue weighted by molar-refractivity contribution is -0.270. The molecule has 2 unspecified atom stereocenters. The number of ether oxygens (including phenoxy) is 3. The highest BCUT2D eigenvalue weighted by atomic mass is 35.5. The highest BCUT2D eigenvalue weighted by Crippen LogP contribution is 2.49. The molecule has 0 saturated carbocycles. The second kappa shape index (κ2) is 11.6. The molecule has 8 nitrogen and oxygen atoms in total. The summed E-state index contributed by atoms with van der Waals surface area (Å²) in [6, 6.07) is 8.78. The number of methoxy groups -OCH3 is 1. The van der Waals surface area contributed by atoms with Gasteiger partial charge in [0.2, 0.25) is 5.60 Å².